The van der Waals surface area contributed by atoms with Crippen molar-refractivity contribution < 1.29 is 18.0 Å². The molecule has 0 saturated carbocycles. The first-order valence-electron chi connectivity index (χ1n) is 9.43. The number of amides is 2. The summed E-state index contributed by atoms with van der Waals surface area (Å²) in [6, 6.07) is 10.2. The second-order valence-electron chi connectivity index (χ2n) is 6.54. The largest absolute Gasteiger partial charge is 0.349 e. The minimum absolute atomic E-state index is 0.0826. The maximum Gasteiger partial charge on any atom is 0.251 e. The highest BCUT2D eigenvalue weighted by atomic mass is 35.5. The molecule has 0 aliphatic rings. The van der Waals surface area contributed by atoms with Crippen LogP contribution >= 0.6 is 23.2 Å². The number of hydrogen-bond acceptors (Lipinski definition) is 4. The molecule has 2 rings (SSSR count). The average molecular weight is 484 g/mol. The molecule has 0 fully saturated rings. The summed E-state index contributed by atoms with van der Waals surface area (Å²) < 4.78 is 27.4. The van der Waals surface area contributed by atoms with Crippen LogP contribution in [0.3, 0.4) is 0 Å². The first-order chi connectivity index (χ1) is 14.7. The topological polar surface area (TPSA) is 95.6 Å². The molecule has 0 saturated heterocycles. The third-order valence-corrected chi connectivity index (χ3v) is 6.54. The third kappa shape index (κ3) is 6.80. The Morgan fingerprint density at radius 1 is 1.16 bits per heavy atom. The number of sulfonamides is 1. The normalized spacial score (nSPS) is 11.2. The predicted molar refractivity (Wildman–Crippen MR) is 123 cm³/mol. The fourth-order valence-electron chi connectivity index (χ4n) is 2.69. The maximum absolute atomic E-state index is 13.2. The second-order valence-corrected chi connectivity index (χ2v) is 9.32. The molecule has 0 aromatic heterocycles. The zero-order chi connectivity index (χ0) is 23.0. The first kappa shape index (κ1) is 24.9. The lowest BCUT2D eigenvalue weighted by molar-refractivity contribution is -0.116. The van der Waals surface area contributed by atoms with E-state index in [4.69, 9.17) is 23.2 Å². The summed E-state index contributed by atoms with van der Waals surface area (Å²) in [6.45, 7) is 5.27. The number of anilines is 1. The number of halogens is 2. The van der Waals surface area contributed by atoms with Gasteiger partial charge in [-0.2, -0.15) is 4.31 Å². The van der Waals surface area contributed by atoms with E-state index in [1.54, 1.807) is 13.0 Å². The van der Waals surface area contributed by atoms with Gasteiger partial charge in [0.1, 0.15) is 0 Å². The summed E-state index contributed by atoms with van der Waals surface area (Å²) in [4.78, 5) is 24.6. The number of carbonyl (C=O) groups excluding carboxylic acids is 2. The highest BCUT2D eigenvalue weighted by Crippen LogP contribution is 2.25. The van der Waals surface area contributed by atoms with Crippen molar-refractivity contribution in [2.45, 2.75) is 18.2 Å². The first-order valence-corrected chi connectivity index (χ1v) is 11.6. The molecule has 31 heavy (non-hydrogen) atoms. The van der Waals surface area contributed by atoms with Gasteiger partial charge in [0.15, 0.2) is 0 Å². The molecule has 0 aliphatic carbocycles. The Balaban J connectivity index is 2.24. The van der Waals surface area contributed by atoms with E-state index in [2.05, 4.69) is 17.2 Å². The Labute approximate surface area is 192 Å². The smallest absolute Gasteiger partial charge is 0.251 e. The van der Waals surface area contributed by atoms with Crippen molar-refractivity contribution >= 4 is 50.7 Å². The maximum atomic E-state index is 13.2. The van der Waals surface area contributed by atoms with Crippen LogP contribution in [0.15, 0.2) is 60.0 Å². The van der Waals surface area contributed by atoms with E-state index in [0.29, 0.717) is 11.4 Å². The van der Waals surface area contributed by atoms with Crippen LogP contribution in [0.25, 0.3) is 0 Å². The number of nitrogens with one attached hydrogen (secondary N) is 2. The van der Waals surface area contributed by atoms with Crippen LogP contribution in [0, 0.1) is 0 Å². The van der Waals surface area contributed by atoms with Crippen molar-refractivity contribution in [3.8, 4) is 0 Å². The van der Waals surface area contributed by atoms with E-state index >= 15 is 0 Å². The zero-order valence-electron chi connectivity index (χ0n) is 16.9. The predicted octanol–water partition coefficient (Wildman–Crippen LogP) is 3.95. The lowest BCUT2D eigenvalue weighted by atomic mass is 10.2. The van der Waals surface area contributed by atoms with Crippen molar-refractivity contribution in [3.63, 3.8) is 0 Å². The molecule has 2 N–H and O–H groups in total. The van der Waals surface area contributed by atoms with Crippen molar-refractivity contribution in [1.82, 2.24) is 9.62 Å². The fourth-order valence-corrected chi connectivity index (χ4v) is 4.56. The number of hydrogen-bond donors (Lipinski definition) is 2. The lowest BCUT2D eigenvalue weighted by Gasteiger charge is -2.21. The van der Waals surface area contributed by atoms with Crippen LogP contribution in [-0.2, 0) is 14.8 Å². The van der Waals surface area contributed by atoms with E-state index < -0.39 is 28.4 Å². The van der Waals surface area contributed by atoms with Gasteiger partial charge >= 0.3 is 0 Å². The number of rotatable bonds is 10. The van der Waals surface area contributed by atoms with Crippen molar-refractivity contribution in [2.75, 3.05) is 25.0 Å². The van der Waals surface area contributed by atoms with E-state index in [-0.39, 0.29) is 34.3 Å². The van der Waals surface area contributed by atoms with Crippen LogP contribution < -0.4 is 10.6 Å². The summed E-state index contributed by atoms with van der Waals surface area (Å²) >= 11 is 12.0. The van der Waals surface area contributed by atoms with E-state index in [1.165, 1.54) is 42.5 Å². The summed E-state index contributed by atoms with van der Waals surface area (Å²) in [5.74, 6) is -0.992. The van der Waals surface area contributed by atoms with Crippen LogP contribution in [0.4, 0.5) is 5.69 Å². The average Bonchev–Trinajstić information content (AvgIpc) is 2.74. The van der Waals surface area contributed by atoms with Crippen LogP contribution in [0.5, 0.6) is 0 Å². The molecule has 0 atom stereocenters. The molecular weight excluding hydrogens is 461 g/mol. The SMILES string of the molecule is C=CCNC(=O)c1cccc(S(=O)(=O)N(CCC)CC(=O)Nc2cc(Cl)ccc2Cl)c1. The zero-order valence-corrected chi connectivity index (χ0v) is 19.2. The molecule has 0 unspecified atom stereocenters. The Bertz CT molecular complexity index is 1070. The van der Waals surface area contributed by atoms with Crippen LogP contribution in [0.2, 0.25) is 10.0 Å². The van der Waals surface area contributed by atoms with Gasteiger partial charge in [0, 0.05) is 23.7 Å². The van der Waals surface area contributed by atoms with Crippen molar-refractivity contribution in [3.05, 3.63) is 70.7 Å². The standard InChI is InChI=1S/C21H23Cl2N3O4S/c1-3-10-24-21(28)15-6-5-7-17(12-15)31(29,30)26(11-4-2)14-20(27)25-19-13-16(22)8-9-18(19)23/h3,5-9,12-13H,1,4,10-11,14H2,2H3,(H,24,28)(H,25,27). The molecule has 7 nitrogen and oxygen atoms in total. The fraction of sp³-hybridized carbons (Fsp3) is 0.238. The van der Waals surface area contributed by atoms with Crippen LogP contribution in [-0.4, -0.2) is 44.2 Å². The van der Waals surface area contributed by atoms with Gasteiger partial charge in [-0.05, 0) is 42.8 Å². The number of benzene rings is 2. The summed E-state index contributed by atoms with van der Waals surface area (Å²) in [6.07, 6.45) is 2.01. The van der Waals surface area contributed by atoms with Gasteiger partial charge in [-0.1, -0.05) is 42.3 Å². The molecule has 2 aromatic rings. The van der Waals surface area contributed by atoms with Gasteiger partial charge in [-0.15, -0.1) is 6.58 Å². The minimum atomic E-state index is -4.03. The number of nitrogens with zero attached hydrogens (tertiary/aromatic N) is 1. The van der Waals surface area contributed by atoms with E-state index in [9.17, 15) is 18.0 Å². The molecule has 2 aromatic carbocycles. The highest BCUT2D eigenvalue weighted by Gasteiger charge is 2.27. The van der Waals surface area contributed by atoms with Crippen molar-refractivity contribution in [1.29, 1.82) is 0 Å². The molecule has 10 heteroatoms. The summed E-state index contributed by atoms with van der Waals surface area (Å²) in [7, 11) is -4.03. The Hall–Kier alpha value is -2.39. The highest BCUT2D eigenvalue weighted by molar-refractivity contribution is 7.89. The molecule has 2 amide bonds. The second kappa shape index (κ2) is 11.3. The Kier molecular flexibility index (Phi) is 9.06. The van der Waals surface area contributed by atoms with Gasteiger partial charge in [0.2, 0.25) is 15.9 Å². The van der Waals surface area contributed by atoms with Crippen LogP contribution in [0.1, 0.15) is 23.7 Å². The summed E-state index contributed by atoms with van der Waals surface area (Å²) in [5.41, 5.74) is 0.475. The molecule has 0 heterocycles. The van der Waals surface area contributed by atoms with E-state index in [1.807, 2.05) is 0 Å². The monoisotopic (exact) mass is 483 g/mol. The molecule has 166 valence electrons. The lowest BCUT2D eigenvalue weighted by Crippen LogP contribution is -2.38. The molecule has 0 aliphatic heterocycles. The minimum Gasteiger partial charge on any atom is -0.349 e. The quantitative estimate of drug-likeness (QED) is 0.500. The van der Waals surface area contributed by atoms with Gasteiger partial charge in [-0.3, -0.25) is 9.59 Å². The van der Waals surface area contributed by atoms with Gasteiger partial charge in [-0.25, -0.2) is 8.42 Å². The molecule has 0 spiro atoms. The number of carbonyl (C=O) groups is 2. The van der Waals surface area contributed by atoms with Gasteiger partial charge in [0.25, 0.3) is 5.91 Å². The van der Waals surface area contributed by atoms with Crippen molar-refractivity contribution in [2.24, 2.45) is 0 Å². The van der Waals surface area contributed by atoms with Gasteiger partial charge in [0.05, 0.1) is 22.2 Å². The molecule has 0 radical (unpaired) electrons. The summed E-state index contributed by atoms with van der Waals surface area (Å²) in [5, 5.41) is 5.84. The van der Waals surface area contributed by atoms with E-state index in [0.717, 1.165) is 4.31 Å². The van der Waals surface area contributed by atoms with Gasteiger partial charge < -0.3 is 10.6 Å². The molecule has 0 bridgehead atoms. The Morgan fingerprint density at radius 2 is 1.90 bits per heavy atom. The third-order valence-electron chi connectivity index (χ3n) is 4.14. The molecular formula is C21H23Cl2N3O4S. The Morgan fingerprint density at radius 3 is 2.58 bits per heavy atom.